The highest BCUT2D eigenvalue weighted by molar-refractivity contribution is 5.94. The lowest BCUT2D eigenvalue weighted by Gasteiger charge is -2.23. The quantitative estimate of drug-likeness (QED) is 0.751. The van der Waals surface area contributed by atoms with Crippen molar-refractivity contribution in [2.45, 2.75) is 53.0 Å². The Morgan fingerprint density at radius 2 is 1.69 bits per heavy atom. The van der Waals surface area contributed by atoms with E-state index >= 15 is 0 Å². The molecule has 0 spiro atoms. The Morgan fingerprint density at radius 3 is 2.28 bits per heavy atom. The molecule has 3 rings (SSSR count). The SMILES string of the molecule is Cc1cc(C)n(CCN2CCCN(C(=O)c3ccc(C(C)(C)C)cc3)CC2)n1.Cl. The maximum atomic E-state index is 12.9. The third kappa shape index (κ3) is 6.06. The third-order valence-corrected chi connectivity index (χ3v) is 5.60. The number of aryl methyl sites for hydroxylation is 2. The minimum absolute atomic E-state index is 0. The smallest absolute Gasteiger partial charge is 0.253 e. The molecule has 5 nitrogen and oxygen atoms in total. The van der Waals surface area contributed by atoms with Crippen LogP contribution in [0.4, 0.5) is 0 Å². The van der Waals surface area contributed by atoms with Gasteiger partial charge in [0, 0.05) is 37.4 Å². The molecule has 1 fully saturated rings. The van der Waals surface area contributed by atoms with E-state index in [1.165, 1.54) is 11.3 Å². The maximum Gasteiger partial charge on any atom is 0.253 e. The molecule has 1 amide bonds. The van der Waals surface area contributed by atoms with Gasteiger partial charge >= 0.3 is 0 Å². The first-order valence-electron chi connectivity index (χ1n) is 10.4. The van der Waals surface area contributed by atoms with E-state index in [1.807, 2.05) is 24.0 Å². The van der Waals surface area contributed by atoms with Gasteiger partial charge in [0.2, 0.25) is 0 Å². The molecule has 0 radical (unpaired) electrons. The predicted octanol–water partition coefficient (Wildman–Crippen LogP) is 4.07. The van der Waals surface area contributed by atoms with E-state index in [1.54, 1.807) is 0 Å². The fourth-order valence-electron chi connectivity index (χ4n) is 3.83. The molecule has 0 N–H and O–H groups in total. The van der Waals surface area contributed by atoms with Crippen molar-refractivity contribution in [2.24, 2.45) is 0 Å². The molecule has 0 bridgehead atoms. The summed E-state index contributed by atoms with van der Waals surface area (Å²) in [6.45, 7) is 16.2. The topological polar surface area (TPSA) is 41.4 Å². The van der Waals surface area contributed by atoms with Gasteiger partial charge < -0.3 is 4.90 Å². The van der Waals surface area contributed by atoms with Crippen LogP contribution in [0.5, 0.6) is 0 Å². The summed E-state index contributed by atoms with van der Waals surface area (Å²) in [6, 6.07) is 10.3. The number of hydrogen-bond donors (Lipinski definition) is 0. The van der Waals surface area contributed by atoms with Crippen LogP contribution in [0.2, 0.25) is 0 Å². The van der Waals surface area contributed by atoms with Gasteiger partial charge in [0.1, 0.15) is 0 Å². The standard InChI is InChI=1S/C23H34N4O.ClH/c1-18-17-19(2)27(24-18)16-14-25-11-6-12-26(15-13-25)22(28)20-7-9-21(10-8-20)23(3,4)5;/h7-10,17H,6,11-16H2,1-5H3;1H. The summed E-state index contributed by atoms with van der Waals surface area (Å²) in [7, 11) is 0. The van der Waals surface area contributed by atoms with Crippen molar-refractivity contribution < 1.29 is 4.79 Å². The van der Waals surface area contributed by atoms with Gasteiger partial charge in [-0.2, -0.15) is 5.10 Å². The Morgan fingerprint density at radius 1 is 1.00 bits per heavy atom. The van der Waals surface area contributed by atoms with Gasteiger partial charge in [0.15, 0.2) is 0 Å². The van der Waals surface area contributed by atoms with Crippen LogP contribution in [0.1, 0.15) is 54.5 Å². The zero-order valence-electron chi connectivity index (χ0n) is 18.4. The number of hydrogen-bond acceptors (Lipinski definition) is 3. The van der Waals surface area contributed by atoms with Crippen molar-refractivity contribution in [1.82, 2.24) is 19.6 Å². The molecule has 1 aliphatic rings. The number of aromatic nitrogens is 2. The maximum absolute atomic E-state index is 12.9. The van der Waals surface area contributed by atoms with Gasteiger partial charge in [-0.15, -0.1) is 12.4 Å². The minimum atomic E-state index is 0. The van der Waals surface area contributed by atoms with Gasteiger partial charge in [-0.25, -0.2) is 0 Å². The molecule has 1 saturated heterocycles. The van der Waals surface area contributed by atoms with Crippen molar-refractivity contribution in [3.8, 4) is 0 Å². The number of amides is 1. The van der Waals surface area contributed by atoms with Crippen LogP contribution in [0.3, 0.4) is 0 Å². The van der Waals surface area contributed by atoms with Gasteiger partial charge in [0.05, 0.1) is 12.2 Å². The third-order valence-electron chi connectivity index (χ3n) is 5.60. The van der Waals surface area contributed by atoms with Crippen LogP contribution in [0, 0.1) is 13.8 Å². The molecule has 2 heterocycles. The first-order valence-corrected chi connectivity index (χ1v) is 10.4. The molecule has 0 aliphatic carbocycles. The number of nitrogens with zero attached hydrogens (tertiary/aromatic N) is 4. The molecular formula is C23H35ClN4O. The molecule has 2 aromatic rings. The van der Waals surface area contributed by atoms with E-state index in [4.69, 9.17) is 0 Å². The van der Waals surface area contributed by atoms with Crippen LogP contribution in [0.15, 0.2) is 30.3 Å². The summed E-state index contributed by atoms with van der Waals surface area (Å²) in [5.41, 5.74) is 4.45. The second-order valence-electron chi connectivity index (χ2n) is 8.96. The zero-order chi connectivity index (χ0) is 20.3. The average Bonchev–Trinajstić information content (AvgIpc) is 2.84. The molecule has 29 heavy (non-hydrogen) atoms. The summed E-state index contributed by atoms with van der Waals surface area (Å²) >= 11 is 0. The summed E-state index contributed by atoms with van der Waals surface area (Å²) < 4.78 is 2.08. The lowest BCUT2D eigenvalue weighted by Crippen LogP contribution is -2.36. The minimum Gasteiger partial charge on any atom is -0.337 e. The van der Waals surface area contributed by atoms with Crippen molar-refractivity contribution in [3.05, 3.63) is 52.8 Å². The highest BCUT2D eigenvalue weighted by atomic mass is 35.5. The van der Waals surface area contributed by atoms with E-state index in [-0.39, 0.29) is 23.7 Å². The Labute approximate surface area is 181 Å². The highest BCUT2D eigenvalue weighted by Crippen LogP contribution is 2.22. The lowest BCUT2D eigenvalue weighted by molar-refractivity contribution is 0.0761. The van der Waals surface area contributed by atoms with Crippen molar-refractivity contribution in [3.63, 3.8) is 0 Å². The van der Waals surface area contributed by atoms with Crippen LogP contribution in [0.25, 0.3) is 0 Å². The zero-order valence-corrected chi connectivity index (χ0v) is 19.3. The van der Waals surface area contributed by atoms with Gasteiger partial charge in [0.25, 0.3) is 5.91 Å². The predicted molar refractivity (Wildman–Crippen MR) is 121 cm³/mol. The fourth-order valence-corrected chi connectivity index (χ4v) is 3.83. The first kappa shape index (κ1) is 23.4. The second-order valence-corrected chi connectivity index (χ2v) is 8.96. The molecule has 0 unspecified atom stereocenters. The average molecular weight is 419 g/mol. The lowest BCUT2D eigenvalue weighted by atomic mass is 9.86. The normalized spacial score (nSPS) is 15.7. The van der Waals surface area contributed by atoms with Crippen molar-refractivity contribution in [1.29, 1.82) is 0 Å². The molecule has 160 valence electrons. The Bertz CT molecular complexity index is 807. The molecule has 1 aromatic heterocycles. The molecule has 1 aromatic carbocycles. The van der Waals surface area contributed by atoms with E-state index in [9.17, 15) is 4.79 Å². The largest absolute Gasteiger partial charge is 0.337 e. The molecular weight excluding hydrogens is 384 g/mol. The second kappa shape index (κ2) is 9.77. The number of rotatable bonds is 4. The Hall–Kier alpha value is -1.85. The van der Waals surface area contributed by atoms with E-state index in [2.05, 4.69) is 60.6 Å². The number of halogens is 1. The molecule has 6 heteroatoms. The molecule has 0 saturated carbocycles. The summed E-state index contributed by atoms with van der Waals surface area (Å²) in [5.74, 6) is 0.154. The summed E-state index contributed by atoms with van der Waals surface area (Å²) in [6.07, 6.45) is 1.02. The van der Waals surface area contributed by atoms with Crippen LogP contribution in [-0.4, -0.2) is 58.2 Å². The van der Waals surface area contributed by atoms with E-state index in [0.29, 0.717) is 0 Å². The number of carbonyl (C=O) groups is 1. The van der Waals surface area contributed by atoms with Gasteiger partial charge in [-0.1, -0.05) is 32.9 Å². The Kier molecular flexibility index (Phi) is 7.89. The Balaban J connectivity index is 0.00000300. The van der Waals surface area contributed by atoms with E-state index < -0.39 is 0 Å². The van der Waals surface area contributed by atoms with Crippen LogP contribution < -0.4 is 0 Å². The number of benzene rings is 1. The fraction of sp³-hybridized carbons (Fsp3) is 0.565. The van der Waals surface area contributed by atoms with Gasteiger partial charge in [-0.3, -0.25) is 14.4 Å². The molecule has 1 aliphatic heterocycles. The molecule has 0 atom stereocenters. The van der Waals surface area contributed by atoms with Crippen LogP contribution in [-0.2, 0) is 12.0 Å². The van der Waals surface area contributed by atoms with Gasteiger partial charge in [-0.05, 0) is 56.0 Å². The van der Waals surface area contributed by atoms with Crippen molar-refractivity contribution >= 4 is 18.3 Å². The van der Waals surface area contributed by atoms with Crippen LogP contribution >= 0.6 is 12.4 Å². The first-order chi connectivity index (χ1) is 13.2. The number of carbonyl (C=O) groups excluding carboxylic acids is 1. The summed E-state index contributed by atoms with van der Waals surface area (Å²) in [5, 5.41) is 4.55. The monoisotopic (exact) mass is 418 g/mol. The van der Waals surface area contributed by atoms with E-state index in [0.717, 1.165) is 56.9 Å². The summed E-state index contributed by atoms with van der Waals surface area (Å²) in [4.78, 5) is 17.4. The van der Waals surface area contributed by atoms with Crippen molar-refractivity contribution in [2.75, 3.05) is 32.7 Å². The highest BCUT2D eigenvalue weighted by Gasteiger charge is 2.21.